The smallest absolute Gasteiger partial charge is 0.407 e. The molecule has 0 radical (unpaired) electrons. The van der Waals surface area contributed by atoms with Gasteiger partial charge in [-0.05, 0) is 32.9 Å². The largest absolute Gasteiger partial charge is 0.464 e. The molecule has 4 N–H and O–H groups in total. The van der Waals surface area contributed by atoms with E-state index in [1.165, 1.54) is 19.2 Å². The van der Waals surface area contributed by atoms with Gasteiger partial charge in [-0.25, -0.2) is 9.59 Å². The third-order valence-electron chi connectivity index (χ3n) is 2.65. The number of aliphatic hydroxyl groups is 2. The van der Waals surface area contributed by atoms with Gasteiger partial charge in [-0.3, -0.25) is 0 Å². The van der Waals surface area contributed by atoms with Crippen molar-refractivity contribution in [2.24, 2.45) is 0 Å². The number of aromatic nitrogens is 1. The lowest BCUT2D eigenvalue weighted by Gasteiger charge is -2.21. The molecule has 8 heteroatoms. The topological polar surface area (TPSA) is 121 Å². The van der Waals surface area contributed by atoms with E-state index in [1.54, 1.807) is 20.8 Å². The molecule has 0 bridgehead atoms. The van der Waals surface area contributed by atoms with Gasteiger partial charge in [0.05, 0.1) is 7.11 Å². The molecule has 1 aromatic heterocycles. The first-order chi connectivity index (χ1) is 10.1. The summed E-state index contributed by atoms with van der Waals surface area (Å²) in [6, 6.07) is 2.88. The van der Waals surface area contributed by atoms with Crippen molar-refractivity contribution in [2.45, 2.75) is 38.6 Å². The van der Waals surface area contributed by atoms with Crippen LogP contribution in [-0.2, 0) is 9.47 Å². The van der Waals surface area contributed by atoms with Crippen LogP contribution in [0.1, 0.15) is 43.1 Å². The Morgan fingerprint density at radius 1 is 1.32 bits per heavy atom. The molecule has 2 atom stereocenters. The highest BCUT2D eigenvalue weighted by atomic mass is 16.6. The van der Waals surface area contributed by atoms with Gasteiger partial charge in [-0.1, -0.05) is 0 Å². The molecular weight excluding hydrogens is 292 g/mol. The molecule has 0 aromatic carbocycles. The number of aromatic amines is 1. The van der Waals surface area contributed by atoms with Gasteiger partial charge < -0.3 is 30.0 Å². The Labute approximate surface area is 128 Å². The van der Waals surface area contributed by atoms with Gasteiger partial charge in [-0.2, -0.15) is 0 Å². The number of H-pyrrole nitrogens is 1. The fourth-order valence-corrected chi connectivity index (χ4v) is 1.63. The highest BCUT2D eigenvalue weighted by molar-refractivity contribution is 5.87. The summed E-state index contributed by atoms with van der Waals surface area (Å²) in [5, 5.41) is 22.2. The summed E-state index contributed by atoms with van der Waals surface area (Å²) in [4.78, 5) is 25.4. The average Bonchev–Trinajstić information content (AvgIpc) is 2.90. The third kappa shape index (κ3) is 5.38. The van der Waals surface area contributed by atoms with Gasteiger partial charge in [-0.15, -0.1) is 0 Å². The van der Waals surface area contributed by atoms with Crippen LogP contribution in [-0.4, -0.2) is 52.6 Å². The number of hydrogen-bond acceptors (Lipinski definition) is 6. The molecule has 1 rings (SSSR count). The van der Waals surface area contributed by atoms with E-state index in [-0.39, 0.29) is 17.9 Å². The number of carbonyl (C=O) groups is 2. The Balaban J connectivity index is 2.54. The molecule has 0 aliphatic carbocycles. The zero-order valence-corrected chi connectivity index (χ0v) is 13.0. The summed E-state index contributed by atoms with van der Waals surface area (Å²) in [6.07, 6.45) is -3.26. The molecule has 0 saturated heterocycles. The molecular formula is C14H22N2O6. The highest BCUT2D eigenvalue weighted by Gasteiger charge is 2.23. The van der Waals surface area contributed by atoms with Gasteiger partial charge in [0.25, 0.3) is 0 Å². The second-order valence-corrected chi connectivity index (χ2v) is 5.71. The second-order valence-electron chi connectivity index (χ2n) is 5.71. The number of alkyl carbamates (subject to hydrolysis) is 1. The summed E-state index contributed by atoms with van der Waals surface area (Å²) < 4.78 is 9.54. The van der Waals surface area contributed by atoms with Crippen molar-refractivity contribution in [3.05, 3.63) is 23.5 Å². The van der Waals surface area contributed by atoms with Gasteiger partial charge >= 0.3 is 12.1 Å². The SMILES string of the molecule is COC(=O)c1ccc(C(O)C(O)CNC(=O)OC(C)(C)C)[nH]1. The molecule has 1 amide bonds. The molecule has 0 aliphatic heterocycles. The predicted molar refractivity (Wildman–Crippen MR) is 77.3 cm³/mol. The Bertz CT molecular complexity index is 520. The van der Waals surface area contributed by atoms with Crippen LogP contribution in [0.2, 0.25) is 0 Å². The highest BCUT2D eigenvalue weighted by Crippen LogP contribution is 2.16. The molecule has 124 valence electrons. The average molecular weight is 314 g/mol. The van der Waals surface area contributed by atoms with Crippen molar-refractivity contribution >= 4 is 12.1 Å². The number of amides is 1. The molecule has 1 heterocycles. The third-order valence-corrected chi connectivity index (χ3v) is 2.65. The normalized spacial score (nSPS) is 14.1. The summed E-state index contributed by atoms with van der Waals surface area (Å²) >= 11 is 0. The van der Waals surface area contributed by atoms with Crippen molar-refractivity contribution in [3.8, 4) is 0 Å². The first-order valence-corrected chi connectivity index (χ1v) is 6.74. The number of esters is 1. The number of methoxy groups -OCH3 is 1. The zero-order chi connectivity index (χ0) is 16.9. The lowest BCUT2D eigenvalue weighted by Crippen LogP contribution is -2.38. The number of aliphatic hydroxyl groups excluding tert-OH is 2. The van der Waals surface area contributed by atoms with Crippen LogP contribution in [0.3, 0.4) is 0 Å². The van der Waals surface area contributed by atoms with E-state index in [9.17, 15) is 19.8 Å². The fourth-order valence-electron chi connectivity index (χ4n) is 1.63. The minimum Gasteiger partial charge on any atom is -0.464 e. The van der Waals surface area contributed by atoms with E-state index < -0.39 is 29.9 Å². The molecule has 0 aliphatic rings. The van der Waals surface area contributed by atoms with E-state index in [2.05, 4.69) is 15.0 Å². The number of hydrogen-bond donors (Lipinski definition) is 4. The number of ether oxygens (including phenoxy) is 2. The Morgan fingerprint density at radius 2 is 1.95 bits per heavy atom. The van der Waals surface area contributed by atoms with Crippen molar-refractivity contribution < 1.29 is 29.3 Å². The number of nitrogens with one attached hydrogen (secondary N) is 2. The van der Waals surface area contributed by atoms with Gasteiger partial charge in [0, 0.05) is 12.2 Å². The van der Waals surface area contributed by atoms with Crippen LogP contribution in [0.4, 0.5) is 4.79 Å². The summed E-state index contributed by atoms with van der Waals surface area (Å²) in [7, 11) is 1.23. The quantitative estimate of drug-likeness (QED) is 0.594. The summed E-state index contributed by atoms with van der Waals surface area (Å²) in [6.45, 7) is 4.93. The van der Waals surface area contributed by atoms with Crippen molar-refractivity contribution in [1.82, 2.24) is 10.3 Å². The molecule has 8 nitrogen and oxygen atoms in total. The predicted octanol–water partition coefficient (Wildman–Crippen LogP) is 0.720. The maximum Gasteiger partial charge on any atom is 0.407 e. The van der Waals surface area contributed by atoms with Crippen LogP contribution in [0.5, 0.6) is 0 Å². The van der Waals surface area contributed by atoms with E-state index in [0.717, 1.165) is 0 Å². The summed E-state index contributed by atoms with van der Waals surface area (Å²) in [5.74, 6) is -0.584. The van der Waals surface area contributed by atoms with E-state index >= 15 is 0 Å². The second kappa shape index (κ2) is 7.28. The monoisotopic (exact) mass is 314 g/mol. The Morgan fingerprint density at radius 3 is 2.50 bits per heavy atom. The lowest BCUT2D eigenvalue weighted by atomic mass is 10.1. The van der Waals surface area contributed by atoms with Gasteiger partial charge in [0.1, 0.15) is 23.5 Å². The van der Waals surface area contributed by atoms with Crippen LogP contribution in [0.25, 0.3) is 0 Å². The van der Waals surface area contributed by atoms with Crippen molar-refractivity contribution in [3.63, 3.8) is 0 Å². The molecule has 0 fully saturated rings. The standard InChI is InChI=1S/C14H22N2O6/c1-14(2,3)22-13(20)15-7-10(17)11(18)8-5-6-9(16-8)12(19)21-4/h5-6,10-11,16-18H,7H2,1-4H3,(H,15,20). The molecule has 0 spiro atoms. The van der Waals surface area contributed by atoms with Crippen LogP contribution >= 0.6 is 0 Å². The maximum absolute atomic E-state index is 11.5. The molecule has 22 heavy (non-hydrogen) atoms. The van der Waals surface area contributed by atoms with Crippen molar-refractivity contribution in [2.75, 3.05) is 13.7 Å². The van der Waals surface area contributed by atoms with E-state index in [4.69, 9.17) is 4.74 Å². The fraction of sp³-hybridized carbons (Fsp3) is 0.571. The van der Waals surface area contributed by atoms with E-state index in [1.807, 2.05) is 0 Å². The maximum atomic E-state index is 11.5. The Hall–Kier alpha value is -2.06. The molecule has 0 saturated carbocycles. The van der Waals surface area contributed by atoms with E-state index in [0.29, 0.717) is 0 Å². The van der Waals surface area contributed by atoms with Crippen LogP contribution in [0, 0.1) is 0 Å². The van der Waals surface area contributed by atoms with Crippen LogP contribution < -0.4 is 5.32 Å². The van der Waals surface area contributed by atoms with Crippen molar-refractivity contribution in [1.29, 1.82) is 0 Å². The molecule has 2 unspecified atom stereocenters. The van der Waals surface area contributed by atoms with Crippen LogP contribution in [0.15, 0.2) is 12.1 Å². The molecule has 1 aromatic rings. The van der Waals surface area contributed by atoms with Gasteiger partial charge in [0.15, 0.2) is 0 Å². The first-order valence-electron chi connectivity index (χ1n) is 6.74. The first kappa shape index (κ1) is 18.0. The minimum atomic E-state index is -1.30. The lowest BCUT2D eigenvalue weighted by molar-refractivity contribution is 0.0110. The zero-order valence-electron chi connectivity index (χ0n) is 13.0. The Kier molecular flexibility index (Phi) is 5.95. The number of rotatable bonds is 5. The van der Waals surface area contributed by atoms with Gasteiger partial charge in [0.2, 0.25) is 0 Å². The number of carbonyl (C=O) groups excluding carboxylic acids is 2. The summed E-state index contributed by atoms with van der Waals surface area (Å²) in [5.41, 5.74) is -0.259. The minimum absolute atomic E-state index is 0.156.